The van der Waals surface area contributed by atoms with Gasteiger partial charge in [0.05, 0.1) is 12.8 Å². The van der Waals surface area contributed by atoms with E-state index in [-0.39, 0.29) is 30.2 Å². The van der Waals surface area contributed by atoms with E-state index in [4.69, 9.17) is 20.5 Å². The molecule has 1 heterocycles. The van der Waals surface area contributed by atoms with Crippen molar-refractivity contribution in [2.24, 2.45) is 0 Å². The quantitative estimate of drug-likeness (QED) is 0.468. The van der Waals surface area contributed by atoms with Gasteiger partial charge in [-0.2, -0.15) is 4.73 Å². The van der Waals surface area contributed by atoms with E-state index in [1.54, 1.807) is 0 Å². The summed E-state index contributed by atoms with van der Waals surface area (Å²) in [5, 5.41) is 33.7. The standard InChI is InChI=1S/C7H10N2O4/c8-7-3-6(13-2-1-10)5(11)4-9(7)12/h3-4,8,10-12H,1-2H2. The molecule has 6 heteroatoms. The summed E-state index contributed by atoms with van der Waals surface area (Å²) in [5.41, 5.74) is -0.217. The Hall–Kier alpha value is -1.69. The summed E-state index contributed by atoms with van der Waals surface area (Å²) in [7, 11) is 0. The Morgan fingerprint density at radius 1 is 1.54 bits per heavy atom. The van der Waals surface area contributed by atoms with Gasteiger partial charge in [0.15, 0.2) is 17.0 Å². The van der Waals surface area contributed by atoms with Crippen molar-refractivity contribution in [3.8, 4) is 11.5 Å². The maximum Gasteiger partial charge on any atom is 0.178 e. The number of hydrogen-bond donors (Lipinski definition) is 4. The number of aliphatic hydroxyl groups is 1. The first-order valence-corrected chi connectivity index (χ1v) is 3.58. The number of pyridine rings is 1. The molecule has 0 saturated carbocycles. The first kappa shape index (κ1) is 9.40. The topological polar surface area (TPSA) is 98.7 Å². The summed E-state index contributed by atoms with van der Waals surface area (Å²) >= 11 is 0. The van der Waals surface area contributed by atoms with Crippen LogP contribution in [0.2, 0.25) is 0 Å². The fourth-order valence-electron chi connectivity index (χ4n) is 0.784. The van der Waals surface area contributed by atoms with Gasteiger partial charge in [0, 0.05) is 6.07 Å². The summed E-state index contributed by atoms with van der Waals surface area (Å²) in [6.07, 6.45) is 0.940. The third kappa shape index (κ3) is 2.12. The van der Waals surface area contributed by atoms with Crippen LogP contribution in [0.1, 0.15) is 0 Å². The van der Waals surface area contributed by atoms with Gasteiger partial charge in [0.1, 0.15) is 6.61 Å². The van der Waals surface area contributed by atoms with Crippen LogP contribution >= 0.6 is 0 Å². The van der Waals surface area contributed by atoms with Crippen molar-refractivity contribution < 1.29 is 20.2 Å². The maximum atomic E-state index is 9.17. The van der Waals surface area contributed by atoms with Crippen LogP contribution in [0.4, 0.5) is 0 Å². The van der Waals surface area contributed by atoms with E-state index in [2.05, 4.69) is 0 Å². The lowest BCUT2D eigenvalue weighted by Gasteiger charge is -2.06. The molecule has 0 aromatic carbocycles. The van der Waals surface area contributed by atoms with Crippen LogP contribution in [0.25, 0.3) is 0 Å². The Morgan fingerprint density at radius 3 is 2.85 bits per heavy atom. The normalized spacial score (nSPS) is 9.92. The highest BCUT2D eigenvalue weighted by Gasteiger charge is 2.03. The van der Waals surface area contributed by atoms with E-state index < -0.39 is 0 Å². The fraction of sp³-hybridized carbons (Fsp3) is 0.286. The SMILES string of the molecule is N=c1cc(OCCO)c(O)cn1O. The van der Waals surface area contributed by atoms with Crippen LogP contribution in [-0.2, 0) is 0 Å². The highest BCUT2D eigenvalue weighted by Crippen LogP contribution is 2.21. The Kier molecular flexibility index (Phi) is 2.76. The summed E-state index contributed by atoms with van der Waals surface area (Å²) in [6, 6.07) is 1.14. The van der Waals surface area contributed by atoms with Crippen molar-refractivity contribution in [3.63, 3.8) is 0 Å². The van der Waals surface area contributed by atoms with Crippen LogP contribution in [-0.4, -0.2) is 33.4 Å². The number of aliphatic hydroxyl groups excluding tert-OH is 1. The Labute approximate surface area is 73.7 Å². The van der Waals surface area contributed by atoms with E-state index in [1.807, 2.05) is 0 Å². The molecule has 6 nitrogen and oxygen atoms in total. The first-order valence-electron chi connectivity index (χ1n) is 3.58. The molecule has 1 aromatic rings. The molecule has 0 fully saturated rings. The first-order chi connectivity index (χ1) is 6.15. The van der Waals surface area contributed by atoms with E-state index in [0.717, 1.165) is 12.3 Å². The summed E-state index contributed by atoms with van der Waals surface area (Å²) < 4.78 is 5.34. The predicted molar refractivity (Wildman–Crippen MR) is 41.7 cm³/mol. The lowest BCUT2D eigenvalue weighted by molar-refractivity contribution is 0.161. The molecule has 0 radical (unpaired) electrons. The van der Waals surface area contributed by atoms with Crippen LogP contribution < -0.4 is 10.2 Å². The maximum absolute atomic E-state index is 9.17. The van der Waals surface area contributed by atoms with Gasteiger partial charge in [-0.15, -0.1) is 0 Å². The lowest BCUT2D eigenvalue weighted by Crippen LogP contribution is -2.16. The highest BCUT2D eigenvalue weighted by molar-refractivity contribution is 5.34. The molecule has 0 aliphatic carbocycles. The van der Waals surface area contributed by atoms with Crippen molar-refractivity contribution in [2.75, 3.05) is 13.2 Å². The average molecular weight is 186 g/mol. The average Bonchev–Trinajstić information content (AvgIpc) is 2.09. The number of nitrogens with one attached hydrogen (secondary N) is 1. The number of aromatic hydroxyl groups is 1. The Balaban J connectivity index is 2.95. The van der Waals surface area contributed by atoms with E-state index in [0.29, 0.717) is 4.73 Å². The lowest BCUT2D eigenvalue weighted by atomic mass is 10.4. The summed E-state index contributed by atoms with van der Waals surface area (Å²) in [4.78, 5) is 0. The van der Waals surface area contributed by atoms with Crippen molar-refractivity contribution in [1.29, 1.82) is 5.41 Å². The van der Waals surface area contributed by atoms with Crippen LogP contribution in [0, 0.1) is 5.41 Å². The molecule has 1 rings (SSSR count). The van der Waals surface area contributed by atoms with Gasteiger partial charge in [0.2, 0.25) is 0 Å². The summed E-state index contributed by atoms with van der Waals surface area (Å²) in [6.45, 7) is -0.150. The van der Waals surface area contributed by atoms with Gasteiger partial charge < -0.3 is 20.2 Å². The van der Waals surface area contributed by atoms with Crippen LogP contribution in [0.15, 0.2) is 12.3 Å². The number of ether oxygens (including phenoxy) is 1. The Morgan fingerprint density at radius 2 is 2.23 bits per heavy atom. The largest absolute Gasteiger partial charge is 0.503 e. The second-order valence-corrected chi connectivity index (χ2v) is 2.32. The third-order valence-corrected chi connectivity index (χ3v) is 1.36. The second kappa shape index (κ2) is 3.81. The van der Waals surface area contributed by atoms with Gasteiger partial charge in [-0.3, -0.25) is 5.41 Å². The zero-order valence-electron chi connectivity index (χ0n) is 6.77. The molecule has 0 atom stereocenters. The molecule has 0 amide bonds. The highest BCUT2D eigenvalue weighted by atomic mass is 16.5. The van der Waals surface area contributed by atoms with Crippen LogP contribution in [0.3, 0.4) is 0 Å². The molecule has 0 unspecified atom stereocenters. The van der Waals surface area contributed by atoms with E-state index in [1.165, 1.54) is 0 Å². The van der Waals surface area contributed by atoms with Crippen LogP contribution in [0.5, 0.6) is 11.5 Å². The number of aromatic nitrogens is 1. The summed E-state index contributed by atoms with van der Waals surface area (Å²) in [5.74, 6) is -0.226. The minimum absolute atomic E-state index is 0.0302. The number of hydrogen-bond acceptors (Lipinski definition) is 5. The minimum Gasteiger partial charge on any atom is -0.503 e. The molecule has 0 aliphatic rings. The van der Waals surface area contributed by atoms with Crippen molar-refractivity contribution in [2.45, 2.75) is 0 Å². The molecule has 0 aliphatic heterocycles. The van der Waals surface area contributed by atoms with Crippen molar-refractivity contribution in [1.82, 2.24) is 4.73 Å². The number of rotatable bonds is 3. The fourth-order valence-corrected chi connectivity index (χ4v) is 0.784. The predicted octanol–water partition coefficient (Wildman–Crippen LogP) is -0.718. The van der Waals surface area contributed by atoms with Gasteiger partial charge >= 0.3 is 0 Å². The molecular weight excluding hydrogens is 176 g/mol. The Bertz CT molecular complexity index is 347. The molecule has 4 N–H and O–H groups in total. The molecular formula is C7H10N2O4. The van der Waals surface area contributed by atoms with E-state index in [9.17, 15) is 5.11 Å². The monoisotopic (exact) mass is 186 g/mol. The van der Waals surface area contributed by atoms with Gasteiger partial charge in [0.25, 0.3) is 0 Å². The van der Waals surface area contributed by atoms with E-state index >= 15 is 0 Å². The van der Waals surface area contributed by atoms with Gasteiger partial charge in [-0.1, -0.05) is 0 Å². The van der Waals surface area contributed by atoms with Crippen molar-refractivity contribution in [3.05, 3.63) is 17.8 Å². The molecule has 72 valence electrons. The molecule has 0 bridgehead atoms. The molecule has 1 aromatic heterocycles. The molecule has 0 saturated heterocycles. The number of nitrogens with zero attached hydrogens (tertiary/aromatic N) is 1. The zero-order valence-corrected chi connectivity index (χ0v) is 6.77. The molecule has 13 heavy (non-hydrogen) atoms. The molecule has 0 spiro atoms. The van der Waals surface area contributed by atoms with Gasteiger partial charge in [-0.25, -0.2) is 0 Å². The van der Waals surface area contributed by atoms with Crippen molar-refractivity contribution >= 4 is 0 Å². The second-order valence-electron chi connectivity index (χ2n) is 2.32. The third-order valence-electron chi connectivity index (χ3n) is 1.36. The zero-order chi connectivity index (χ0) is 9.84. The smallest absolute Gasteiger partial charge is 0.178 e. The van der Waals surface area contributed by atoms with Gasteiger partial charge in [-0.05, 0) is 0 Å². The minimum atomic E-state index is -0.285.